The van der Waals surface area contributed by atoms with Crippen molar-refractivity contribution in [2.45, 2.75) is 20.8 Å². The lowest BCUT2D eigenvalue weighted by atomic mass is 10.1. The minimum absolute atomic E-state index is 0.367. The molecule has 2 aromatic rings. The number of hydrogen-bond donors (Lipinski definition) is 1. The van der Waals surface area contributed by atoms with Crippen LogP contribution in [0, 0.1) is 32.1 Å². The summed E-state index contributed by atoms with van der Waals surface area (Å²) in [5, 5.41) is 8.91. The van der Waals surface area contributed by atoms with Crippen molar-refractivity contribution >= 4 is 5.82 Å². The number of ether oxygens (including phenoxy) is 1. The maximum absolute atomic E-state index is 8.91. The molecule has 0 spiro atoms. The summed E-state index contributed by atoms with van der Waals surface area (Å²) in [7, 11) is 0. The number of nitriles is 1. The van der Waals surface area contributed by atoms with Gasteiger partial charge in [0, 0.05) is 6.07 Å². The fourth-order valence-electron chi connectivity index (χ4n) is 1.90. The number of nitrogen functional groups attached to an aromatic ring is 1. The third kappa shape index (κ3) is 2.80. The molecule has 0 aliphatic rings. The van der Waals surface area contributed by atoms with E-state index >= 15 is 0 Å². The van der Waals surface area contributed by atoms with Crippen LogP contribution in [-0.4, -0.2) is 9.97 Å². The van der Waals surface area contributed by atoms with Gasteiger partial charge in [0.25, 0.3) is 0 Å². The first kappa shape index (κ1) is 12.8. The second kappa shape index (κ2) is 4.94. The van der Waals surface area contributed by atoms with Crippen LogP contribution in [0.3, 0.4) is 0 Å². The van der Waals surface area contributed by atoms with Crippen LogP contribution >= 0.6 is 0 Å². The van der Waals surface area contributed by atoms with Gasteiger partial charge in [-0.1, -0.05) is 0 Å². The van der Waals surface area contributed by atoms with Gasteiger partial charge in [-0.2, -0.15) is 10.2 Å². The molecule has 0 radical (unpaired) electrons. The highest BCUT2D eigenvalue weighted by Gasteiger charge is 2.09. The SMILES string of the molecule is Cc1nc(N)cc(Oc2c(C)cc(C#N)cc2C)n1. The molecule has 5 nitrogen and oxygen atoms in total. The molecule has 1 aromatic heterocycles. The Morgan fingerprint density at radius 1 is 1.11 bits per heavy atom. The highest BCUT2D eigenvalue weighted by Crippen LogP contribution is 2.29. The lowest BCUT2D eigenvalue weighted by molar-refractivity contribution is 0.453. The van der Waals surface area contributed by atoms with Crippen LogP contribution in [0.5, 0.6) is 11.6 Å². The van der Waals surface area contributed by atoms with Gasteiger partial charge >= 0.3 is 0 Å². The lowest BCUT2D eigenvalue weighted by Crippen LogP contribution is -1.99. The van der Waals surface area contributed by atoms with Gasteiger partial charge in [-0.15, -0.1) is 0 Å². The second-order valence-corrected chi connectivity index (χ2v) is 4.33. The average Bonchev–Trinajstić information content (AvgIpc) is 2.32. The first-order valence-corrected chi connectivity index (χ1v) is 5.80. The molecule has 0 saturated heterocycles. The first-order valence-electron chi connectivity index (χ1n) is 5.80. The van der Waals surface area contributed by atoms with E-state index in [4.69, 9.17) is 15.7 Å². The molecule has 1 heterocycles. The van der Waals surface area contributed by atoms with E-state index in [9.17, 15) is 0 Å². The van der Waals surface area contributed by atoms with Crippen LogP contribution in [-0.2, 0) is 0 Å². The molecule has 0 atom stereocenters. The molecule has 5 heteroatoms. The van der Waals surface area contributed by atoms with Gasteiger partial charge < -0.3 is 10.5 Å². The molecule has 2 N–H and O–H groups in total. The van der Waals surface area contributed by atoms with Crippen LogP contribution in [0.4, 0.5) is 5.82 Å². The molecule has 0 aliphatic heterocycles. The van der Waals surface area contributed by atoms with Gasteiger partial charge in [0.05, 0.1) is 11.6 Å². The van der Waals surface area contributed by atoms with Crippen molar-refractivity contribution in [3.05, 3.63) is 40.7 Å². The molecule has 0 saturated carbocycles. The van der Waals surface area contributed by atoms with E-state index in [1.807, 2.05) is 13.8 Å². The van der Waals surface area contributed by atoms with Gasteiger partial charge in [0.15, 0.2) is 0 Å². The van der Waals surface area contributed by atoms with E-state index < -0.39 is 0 Å². The first-order chi connectivity index (χ1) is 8.99. The molecule has 0 bridgehead atoms. The summed E-state index contributed by atoms with van der Waals surface area (Å²) in [5.41, 5.74) is 8.03. The predicted molar refractivity (Wildman–Crippen MR) is 71.9 cm³/mol. The van der Waals surface area contributed by atoms with Gasteiger partial charge in [0.1, 0.15) is 17.4 Å². The number of nitrogens with two attached hydrogens (primary N) is 1. The quantitative estimate of drug-likeness (QED) is 0.890. The number of anilines is 1. The maximum atomic E-state index is 8.91. The van der Waals surface area contributed by atoms with Crippen molar-refractivity contribution in [2.75, 3.05) is 5.73 Å². The fraction of sp³-hybridized carbons (Fsp3) is 0.214. The predicted octanol–water partition coefficient (Wildman–Crippen LogP) is 2.65. The Morgan fingerprint density at radius 3 is 2.26 bits per heavy atom. The Bertz CT molecular complexity index is 630. The van der Waals surface area contributed by atoms with Crippen LogP contribution < -0.4 is 10.5 Å². The molecule has 19 heavy (non-hydrogen) atoms. The van der Waals surface area contributed by atoms with Crippen molar-refractivity contribution in [1.82, 2.24) is 9.97 Å². The van der Waals surface area contributed by atoms with Crippen LogP contribution in [0.1, 0.15) is 22.5 Å². The van der Waals surface area contributed by atoms with E-state index in [2.05, 4.69) is 16.0 Å². The fourth-order valence-corrected chi connectivity index (χ4v) is 1.90. The minimum Gasteiger partial charge on any atom is -0.438 e. The zero-order valence-corrected chi connectivity index (χ0v) is 11.1. The zero-order valence-electron chi connectivity index (χ0n) is 11.1. The Kier molecular flexibility index (Phi) is 3.34. The van der Waals surface area contributed by atoms with Crippen molar-refractivity contribution in [1.29, 1.82) is 5.26 Å². The summed E-state index contributed by atoms with van der Waals surface area (Å²) >= 11 is 0. The monoisotopic (exact) mass is 254 g/mol. The molecule has 96 valence electrons. The molecule has 0 fully saturated rings. The molecular formula is C14H14N4O. The summed E-state index contributed by atoms with van der Waals surface area (Å²) in [4.78, 5) is 8.17. The number of nitrogens with zero attached hydrogens (tertiary/aromatic N) is 3. The lowest BCUT2D eigenvalue weighted by Gasteiger charge is -2.12. The Hall–Kier alpha value is -2.61. The number of rotatable bonds is 2. The molecular weight excluding hydrogens is 240 g/mol. The van der Waals surface area contributed by atoms with E-state index in [0.29, 0.717) is 28.8 Å². The molecule has 1 aromatic carbocycles. The smallest absolute Gasteiger partial charge is 0.224 e. The van der Waals surface area contributed by atoms with Crippen molar-refractivity contribution in [3.63, 3.8) is 0 Å². The summed E-state index contributed by atoms with van der Waals surface area (Å²) in [6.45, 7) is 5.53. The summed E-state index contributed by atoms with van der Waals surface area (Å²) < 4.78 is 5.76. The van der Waals surface area contributed by atoms with E-state index in [1.54, 1.807) is 25.1 Å². The number of benzene rings is 1. The van der Waals surface area contributed by atoms with Crippen LogP contribution in [0.25, 0.3) is 0 Å². The standard InChI is InChI=1S/C14H14N4O/c1-8-4-11(7-15)5-9(2)14(8)19-13-6-12(16)17-10(3)18-13/h4-6H,1-3H3,(H2,16,17,18). The zero-order chi connectivity index (χ0) is 14.0. The van der Waals surface area contributed by atoms with Gasteiger partial charge in [-0.25, -0.2) is 4.98 Å². The summed E-state index contributed by atoms with van der Waals surface area (Å²) in [6.07, 6.45) is 0. The highest BCUT2D eigenvalue weighted by molar-refractivity contribution is 5.48. The number of hydrogen-bond acceptors (Lipinski definition) is 5. The van der Waals surface area contributed by atoms with Gasteiger partial charge in [-0.05, 0) is 44.0 Å². The van der Waals surface area contributed by atoms with E-state index in [-0.39, 0.29) is 0 Å². The van der Waals surface area contributed by atoms with Crippen molar-refractivity contribution in [2.24, 2.45) is 0 Å². The Morgan fingerprint density at radius 2 is 1.74 bits per heavy atom. The summed E-state index contributed by atoms with van der Waals surface area (Å²) in [5.74, 6) is 2.02. The van der Waals surface area contributed by atoms with Crippen LogP contribution in [0.15, 0.2) is 18.2 Å². The van der Waals surface area contributed by atoms with Crippen molar-refractivity contribution in [3.8, 4) is 17.7 Å². The molecule has 0 aliphatic carbocycles. The van der Waals surface area contributed by atoms with Crippen LogP contribution in [0.2, 0.25) is 0 Å². The maximum Gasteiger partial charge on any atom is 0.224 e. The summed E-state index contributed by atoms with van der Waals surface area (Å²) in [6, 6.07) is 7.25. The van der Waals surface area contributed by atoms with Crippen molar-refractivity contribution < 1.29 is 4.74 Å². The third-order valence-electron chi connectivity index (χ3n) is 2.63. The minimum atomic E-state index is 0.367. The van der Waals surface area contributed by atoms with E-state index in [0.717, 1.165) is 11.1 Å². The third-order valence-corrected chi connectivity index (χ3v) is 2.63. The topological polar surface area (TPSA) is 84.8 Å². The largest absolute Gasteiger partial charge is 0.438 e. The number of aromatic nitrogens is 2. The normalized spacial score (nSPS) is 10.0. The number of aryl methyl sites for hydroxylation is 3. The Balaban J connectivity index is 2.41. The Labute approximate surface area is 111 Å². The second-order valence-electron chi connectivity index (χ2n) is 4.33. The molecule has 0 amide bonds. The molecule has 0 unspecified atom stereocenters. The highest BCUT2D eigenvalue weighted by atomic mass is 16.5. The van der Waals surface area contributed by atoms with E-state index in [1.165, 1.54) is 0 Å². The van der Waals surface area contributed by atoms with Gasteiger partial charge in [-0.3, -0.25) is 0 Å². The van der Waals surface area contributed by atoms with Gasteiger partial charge in [0.2, 0.25) is 5.88 Å². The molecule has 2 rings (SSSR count). The average molecular weight is 254 g/mol.